The van der Waals surface area contributed by atoms with E-state index in [4.69, 9.17) is 4.74 Å². The van der Waals surface area contributed by atoms with Crippen LogP contribution in [-0.2, 0) is 14.8 Å². The minimum Gasteiger partial charge on any atom is -0.497 e. The van der Waals surface area contributed by atoms with Gasteiger partial charge in [0, 0.05) is 24.7 Å². The molecule has 1 amide bonds. The van der Waals surface area contributed by atoms with Crippen molar-refractivity contribution in [1.82, 2.24) is 19.3 Å². The first-order chi connectivity index (χ1) is 15.8. The van der Waals surface area contributed by atoms with E-state index in [2.05, 4.69) is 22.6 Å². The van der Waals surface area contributed by atoms with E-state index < -0.39 is 10.0 Å². The molecule has 1 atom stereocenters. The van der Waals surface area contributed by atoms with Gasteiger partial charge in [-0.25, -0.2) is 13.1 Å². The Morgan fingerprint density at radius 2 is 1.88 bits per heavy atom. The van der Waals surface area contributed by atoms with Crippen molar-refractivity contribution >= 4 is 32.7 Å². The molecule has 1 saturated heterocycles. The predicted molar refractivity (Wildman–Crippen MR) is 126 cm³/mol. The molecule has 176 valence electrons. The number of nitrogens with one attached hydrogen (secondary N) is 1. The summed E-state index contributed by atoms with van der Waals surface area (Å²) >= 11 is 0. The SMILES string of the molecule is CC[C@H](C)n1nnc2cc(S(=O)(=O)N3CCC(C(=O)Nc4ccc(OC)cc4)CC3)ccc21. The lowest BCUT2D eigenvalue weighted by atomic mass is 9.97. The first kappa shape index (κ1) is 23.2. The van der Waals surface area contributed by atoms with E-state index >= 15 is 0 Å². The zero-order valence-corrected chi connectivity index (χ0v) is 19.9. The molecule has 0 saturated carbocycles. The van der Waals surface area contributed by atoms with E-state index in [1.165, 1.54) is 4.31 Å². The molecule has 1 aliphatic rings. The molecular formula is C23H29N5O4S. The Morgan fingerprint density at radius 3 is 2.52 bits per heavy atom. The normalized spacial score (nSPS) is 16.6. The lowest BCUT2D eigenvalue weighted by molar-refractivity contribution is -0.120. The lowest BCUT2D eigenvalue weighted by Crippen LogP contribution is -2.41. The largest absolute Gasteiger partial charge is 0.497 e. The number of benzene rings is 2. The summed E-state index contributed by atoms with van der Waals surface area (Å²) in [7, 11) is -2.09. The number of methoxy groups -OCH3 is 1. The molecule has 0 bridgehead atoms. The monoisotopic (exact) mass is 471 g/mol. The maximum atomic E-state index is 13.2. The van der Waals surface area contributed by atoms with Crippen LogP contribution in [0.5, 0.6) is 5.75 Å². The summed E-state index contributed by atoms with van der Waals surface area (Å²) in [6, 6.07) is 12.3. The summed E-state index contributed by atoms with van der Waals surface area (Å²) in [4.78, 5) is 12.9. The highest BCUT2D eigenvalue weighted by Crippen LogP contribution is 2.27. The molecule has 10 heteroatoms. The molecule has 1 N–H and O–H groups in total. The van der Waals surface area contributed by atoms with Gasteiger partial charge in [-0.15, -0.1) is 5.10 Å². The second-order valence-electron chi connectivity index (χ2n) is 8.34. The van der Waals surface area contributed by atoms with E-state index in [9.17, 15) is 13.2 Å². The van der Waals surface area contributed by atoms with Gasteiger partial charge < -0.3 is 10.1 Å². The van der Waals surface area contributed by atoms with Gasteiger partial charge >= 0.3 is 0 Å². The molecule has 0 unspecified atom stereocenters. The van der Waals surface area contributed by atoms with Gasteiger partial charge in [0.25, 0.3) is 0 Å². The summed E-state index contributed by atoms with van der Waals surface area (Å²) < 4.78 is 34.8. The summed E-state index contributed by atoms with van der Waals surface area (Å²) in [6.07, 6.45) is 1.83. The Balaban J connectivity index is 1.41. The Hall–Kier alpha value is -2.98. The molecule has 33 heavy (non-hydrogen) atoms. The molecule has 9 nitrogen and oxygen atoms in total. The third-order valence-electron chi connectivity index (χ3n) is 6.27. The zero-order chi connectivity index (χ0) is 23.6. The van der Waals surface area contributed by atoms with Crippen molar-refractivity contribution in [3.05, 3.63) is 42.5 Å². The third-order valence-corrected chi connectivity index (χ3v) is 8.17. The molecule has 3 aromatic rings. The summed E-state index contributed by atoms with van der Waals surface area (Å²) in [5.41, 5.74) is 2.07. The van der Waals surface area contributed by atoms with Crippen LogP contribution in [0.25, 0.3) is 11.0 Å². The highest BCUT2D eigenvalue weighted by molar-refractivity contribution is 7.89. The van der Waals surface area contributed by atoms with Crippen LogP contribution in [0.2, 0.25) is 0 Å². The average Bonchev–Trinajstić information content (AvgIpc) is 3.27. The number of sulfonamides is 1. The maximum absolute atomic E-state index is 13.2. The second kappa shape index (κ2) is 9.48. The molecule has 1 fully saturated rings. The van der Waals surface area contributed by atoms with E-state index in [1.54, 1.807) is 49.6 Å². The minimum atomic E-state index is -3.68. The minimum absolute atomic E-state index is 0.0970. The molecule has 2 aromatic carbocycles. The molecular weight excluding hydrogens is 442 g/mol. The average molecular weight is 472 g/mol. The first-order valence-electron chi connectivity index (χ1n) is 11.1. The van der Waals surface area contributed by atoms with Crippen molar-refractivity contribution in [3.8, 4) is 5.75 Å². The van der Waals surface area contributed by atoms with Gasteiger partial charge in [-0.1, -0.05) is 12.1 Å². The third kappa shape index (κ3) is 4.72. The number of anilines is 1. The van der Waals surface area contributed by atoms with E-state index in [0.29, 0.717) is 42.9 Å². The van der Waals surface area contributed by atoms with Gasteiger partial charge in [-0.05, 0) is 68.7 Å². The van der Waals surface area contributed by atoms with Gasteiger partial charge in [0.15, 0.2) is 0 Å². The van der Waals surface area contributed by atoms with E-state index in [0.717, 1.165) is 11.9 Å². The fraction of sp³-hybridized carbons (Fsp3) is 0.435. The van der Waals surface area contributed by atoms with Crippen molar-refractivity contribution in [2.75, 3.05) is 25.5 Å². The molecule has 0 aliphatic carbocycles. The van der Waals surface area contributed by atoms with Gasteiger partial charge in [0.05, 0.1) is 23.6 Å². The maximum Gasteiger partial charge on any atom is 0.243 e. The fourth-order valence-corrected chi connectivity index (χ4v) is 5.50. The van der Waals surface area contributed by atoms with Crippen LogP contribution in [0, 0.1) is 5.92 Å². The molecule has 2 heterocycles. The summed E-state index contributed by atoms with van der Waals surface area (Å²) in [6.45, 7) is 4.70. The van der Waals surface area contributed by atoms with Gasteiger partial charge in [-0.2, -0.15) is 4.31 Å². The Kier molecular flexibility index (Phi) is 6.66. The van der Waals surface area contributed by atoms with E-state index in [1.807, 2.05) is 11.6 Å². The number of rotatable bonds is 7. The number of carbonyl (C=O) groups excluding carboxylic acids is 1. The number of ether oxygens (including phenoxy) is 1. The number of hydrogen-bond acceptors (Lipinski definition) is 6. The number of amides is 1. The van der Waals surface area contributed by atoms with Crippen molar-refractivity contribution in [3.63, 3.8) is 0 Å². The smallest absolute Gasteiger partial charge is 0.243 e. The van der Waals surface area contributed by atoms with Gasteiger partial charge in [-0.3, -0.25) is 4.79 Å². The Bertz CT molecular complexity index is 1230. The quantitative estimate of drug-likeness (QED) is 0.566. The topological polar surface area (TPSA) is 106 Å². The number of carbonyl (C=O) groups is 1. The lowest BCUT2D eigenvalue weighted by Gasteiger charge is -2.30. The van der Waals surface area contributed by atoms with Crippen LogP contribution in [0.3, 0.4) is 0 Å². The highest BCUT2D eigenvalue weighted by Gasteiger charge is 2.32. The highest BCUT2D eigenvalue weighted by atomic mass is 32.2. The predicted octanol–water partition coefficient (Wildman–Crippen LogP) is 3.45. The molecule has 0 radical (unpaired) electrons. The first-order valence-corrected chi connectivity index (χ1v) is 12.6. The van der Waals surface area contributed by atoms with Crippen LogP contribution in [0.4, 0.5) is 5.69 Å². The van der Waals surface area contributed by atoms with Crippen molar-refractivity contribution in [1.29, 1.82) is 0 Å². The van der Waals surface area contributed by atoms with Crippen LogP contribution >= 0.6 is 0 Å². The number of piperidine rings is 1. The molecule has 0 spiro atoms. The Labute approximate surface area is 193 Å². The van der Waals surface area contributed by atoms with Gasteiger partial charge in [0.2, 0.25) is 15.9 Å². The van der Waals surface area contributed by atoms with Crippen molar-refractivity contribution in [2.24, 2.45) is 5.92 Å². The number of fused-ring (bicyclic) bond motifs is 1. The second-order valence-corrected chi connectivity index (χ2v) is 10.3. The molecule has 1 aliphatic heterocycles. The zero-order valence-electron chi connectivity index (χ0n) is 19.1. The molecule has 4 rings (SSSR count). The van der Waals surface area contributed by atoms with Crippen molar-refractivity contribution in [2.45, 2.75) is 44.0 Å². The number of hydrogen-bond donors (Lipinski definition) is 1. The summed E-state index contributed by atoms with van der Waals surface area (Å²) in [5, 5.41) is 11.2. The number of aromatic nitrogens is 3. The van der Waals surface area contributed by atoms with Crippen LogP contribution < -0.4 is 10.1 Å². The number of nitrogens with zero attached hydrogens (tertiary/aromatic N) is 4. The summed E-state index contributed by atoms with van der Waals surface area (Å²) in [5.74, 6) is 0.379. The van der Waals surface area contributed by atoms with Gasteiger partial charge in [0.1, 0.15) is 11.3 Å². The van der Waals surface area contributed by atoms with Crippen LogP contribution in [0.1, 0.15) is 39.2 Å². The fourth-order valence-electron chi connectivity index (χ4n) is 4.01. The van der Waals surface area contributed by atoms with Crippen LogP contribution in [0.15, 0.2) is 47.4 Å². The van der Waals surface area contributed by atoms with Crippen LogP contribution in [-0.4, -0.2) is 53.8 Å². The standard InChI is InChI=1S/C23H29N5O4S/c1-4-16(2)28-22-10-9-20(15-21(22)25-26-28)33(30,31)27-13-11-17(12-14-27)23(29)24-18-5-7-19(32-3)8-6-18/h5-10,15-17H,4,11-14H2,1-3H3,(H,24,29)/t16-/m0/s1. The molecule has 1 aromatic heterocycles. The Morgan fingerprint density at radius 1 is 1.18 bits per heavy atom. The van der Waals surface area contributed by atoms with E-state index in [-0.39, 0.29) is 22.8 Å². The van der Waals surface area contributed by atoms with Crippen molar-refractivity contribution < 1.29 is 17.9 Å².